The maximum atomic E-state index is 11.8. The number of amides is 1. The number of likely N-dealkylation sites (tertiary alicyclic amines) is 1. The maximum Gasteiger partial charge on any atom is 0.283 e. The van der Waals surface area contributed by atoms with Crippen molar-refractivity contribution in [3.63, 3.8) is 0 Å². The van der Waals surface area contributed by atoms with Gasteiger partial charge in [-0.2, -0.15) is 0 Å². The van der Waals surface area contributed by atoms with Gasteiger partial charge >= 0.3 is 0 Å². The predicted molar refractivity (Wildman–Crippen MR) is 78.3 cm³/mol. The second kappa shape index (κ2) is 6.81. The van der Waals surface area contributed by atoms with Crippen molar-refractivity contribution in [3.8, 4) is 0 Å². The molecule has 0 spiro atoms. The molecule has 0 atom stereocenters. The monoisotopic (exact) mass is 341 g/mol. The predicted octanol–water partition coefficient (Wildman–Crippen LogP) is 2.07. The number of hydrogen-bond acceptors (Lipinski definition) is 4. The van der Waals surface area contributed by atoms with Crippen LogP contribution in [-0.4, -0.2) is 35.4 Å². The molecule has 7 heteroatoms. The Morgan fingerprint density at radius 3 is 2.75 bits per heavy atom. The molecule has 0 radical (unpaired) electrons. The van der Waals surface area contributed by atoms with E-state index >= 15 is 0 Å². The fraction of sp³-hybridized carbons (Fsp3) is 0.462. The normalized spacial score (nSPS) is 14.6. The van der Waals surface area contributed by atoms with Crippen LogP contribution in [0.4, 0.5) is 5.69 Å². The highest BCUT2D eigenvalue weighted by Gasteiger charge is 2.18. The molecule has 20 heavy (non-hydrogen) atoms. The van der Waals surface area contributed by atoms with Crippen LogP contribution >= 0.6 is 15.9 Å². The molecule has 2 rings (SSSR count). The van der Waals surface area contributed by atoms with Crippen LogP contribution in [0.1, 0.15) is 18.4 Å². The average molecular weight is 342 g/mol. The van der Waals surface area contributed by atoms with E-state index in [1.807, 2.05) is 4.90 Å². The number of rotatable bonds is 5. The fourth-order valence-corrected chi connectivity index (χ4v) is 2.78. The second-order valence-electron chi connectivity index (χ2n) is 4.70. The molecule has 0 unspecified atom stereocenters. The third-order valence-corrected chi connectivity index (χ3v) is 4.22. The zero-order valence-electron chi connectivity index (χ0n) is 11.0. The van der Waals surface area contributed by atoms with Gasteiger partial charge in [0.05, 0.1) is 15.9 Å². The molecule has 1 amide bonds. The Labute approximate surface area is 125 Å². The lowest BCUT2D eigenvalue weighted by Gasteiger charge is -2.15. The van der Waals surface area contributed by atoms with Gasteiger partial charge in [0, 0.05) is 25.7 Å². The van der Waals surface area contributed by atoms with Crippen LogP contribution in [0.15, 0.2) is 22.7 Å². The van der Waals surface area contributed by atoms with Gasteiger partial charge in [-0.3, -0.25) is 14.9 Å². The highest BCUT2D eigenvalue weighted by Crippen LogP contribution is 2.28. The Balaban J connectivity index is 1.89. The molecule has 1 aromatic carbocycles. The largest absolute Gasteiger partial charge is 0.342 e. The van der Waals surface area contributed by atoms with Crippen LogP contribution in [0.25, 0.3) is 0 Å². The lowest BCUT2D eigenvalue weighted by molar-refractivity contribution is -0.385. The van der Waals surface area contributed by atoms with Crippen LogP contribution < -0.4 is 5.32 Å². The summed E-state index contributed by atoms with van der Waals surface area (Å²) in [6.07, 6.45) is 2.14. The Kier molecular flexibility index (Phi) is 5.08. The molecule has 1 N–H and O–H groups in total. The number of nitro benzene ring substituents is 1. The van der Waals surface area contributed by atoms with Crippen molar-refractivity contribution in [2.24, 2.45) is 0 Å². The minimum atomic E-state index is -0.428. The van der Waals surface area contributed by atoms with Gasteiger partial charge < -0.3 is 10.2 Å². The quantitative estimate of drug-likeness (QED) is 0.657. The Hall–Kier alpha value is -1.47. The maximum absolute atomic E-state index is 11.8. The summed E-state index contributed by atoms with van der Waals surface area (Å²) in [5.41, 5.74) is 0.809. The first-order valence-corrected chi connectivity index (χ1v) is 7.29. The first kappa shape index (κ1) is 14.9. The lowest BCUT2D eigenvalue weighted by Crippen LogP contribution is -2.36. The molecule has 0 saturated carbocycles. The average Bonchev–Trinajstić information content (AvgIpc) is 2.94. The summed E-state index contributed by atoms with van der Waals surface area (Å²) < 4.78 is 0.464. The van der Waals surface area contributed by atoms with Crippen LogP contribution in [0.2, 0.25) is 0 Å². The van der Waals surface area contributed by atoms with Gasteiger partial charge in [0.1, 0.15) is 0 Å². The molecule has 0 bridgehead atoms. The molecule has 0 aliphatic carbocycles. The molecule has 1 saturated heterocycles. The number of benzene rings is 1. The van der Waals surface area contributed by atoms with Crippen LogP contribution in [0.3, 0.4) is 0 Å². The van der Waals surface area contributed by atoms with Gasteiger partial charge in [0.15, 0.2) is 0 Å². The zero-order chi connectivity index (χ0) is 14.5. The molecule has 108 valence electrons. The number of hydrogen-bond donors (Lipinski definition) is 1. The third kappa shape index (κ3) is 3.55. The van der Waals surface area contributed by atoms with Crippen LogP contribution in [0.5, 0.6) is 0 Å². The van der Waals surface area contributed by atoms with Crippen molar-refractivity contribution in [2.75, 3.05) is 19.6 Å². The van der Waals surface area contributed by atoms with Crippen molar-refractivity contribution in [1.82, 2.24) is 10.2 Å². The number of nitrogens with zero attached hydrogens (tertiary/aromatic N) is 2. The fourth-order valence-electron chi connectivity index (χ4n) is 2.23. The standard InChI is InChI=1S/C13H16BrN3O3/c14-13-10(4-3-5-11(13)17(19)20)8-15-9-12(18)16-6-1-2-7-16/h3-5,15H,1-2,6-9H2. The summed E-state index contributed by atoms with van der Waals surface area (Å²) in [5.74, 6) is 0.0871. The molecule has 1 aromatic rings. The van der Waals surface area contributed by atoms with Crippen molar-refractivity contribution < 1.29 is 9.72 Å². The van der Waals surface area contributed by atoms with E-state index in [1.165, 1.54) is 6.07 Å². The first-order chi connectivity index (χ1) is 9.59. The lowest BCUT2D eigenvalue weighted by atomic mass is 10.2. The second-order valence-corrected chi connectivity index (χ2v) is 5.49. The SMILES string of the molecule is O=C(CNCc1cccc([N+](=O)[O-])c1Br)N1CCCC1. The topological polar surface area (TPSA) is 75.5 Å². The molecule has 0 aromatic heterocycles. The third-order valence-electron chi connectivity index (χ3n) is 3.31. The molecule has 1 heterocycles. The van der Waals surface area contributed by atoms with E-state index in [0.29, 0.717) is 11.0 Å². The highest BCUT2D eigenvalue weighted by molar-refractivity contribution is 9.10. The summed E-state index contributed by atoms with van der Waals surface area (Å²) >= 11 is 3.24. The van der Waals surface area contributed by atoms with Crippen molar-refractivity contribution >= 4 is 27.5 Å². The number of nitro groups is 1. The van der Waals surface area contributed by atoms with Gasteiger partial charge in [0.25, 0.3) is 5.69 Å². The highest BCUT2D eigenvalue weighted by atomic mass is 79.9. The number of carbonyl (C=O) groups excluding carboxylic acids is 1. The van der Waals surface area contributed by atoms with E-state index in [2.05, 4.69) is 21.2 Å². The molecule has 1 fully saturated rings. The number of carbonyl (C=O) groups is 1. The summed E-state index contributed by atoms with van der Waals surface area (Å²) in [4.78, 5) is 24.1. The number of halogens is 1. The van der Waals surface area contributed by atoms with E-state index in [4.69, 9.17) is 0 Å². The van der Waals surface area contributed by atoms with Gasteiger partial charge in [-0.1, -0.05) is 12.1 Å². The summed E-state index contributed by atoms with van der Waals surface area (Å²) in [6.45, 7) is 2.35. The van der Waals surface area contributed by atoms with E-state index in [1.54, 1.807) is 12.1 Å². The van der Waals surface area contributed by atoms with Crippen LogP contribution in [0, 0.1) is 10.1 Å². The minimum absolute atomic E-state index is 0.0372. The van der Waals surface area contributed by atoms with Gasteiger partial charge in [-0.15, -0.1) is 0 Å². The van der Waals surface area contributed by atoms with E-state index < -0.39 is 4.92 Å². The van der Waals surface area contributed by atoms with E-state index in [-0.39, 0.29) is 18.1 Å². The van der Waals surface area contributed by atoms with Gasteiger partial charge in [-0.05, 0) is 34.3 Å². The zero-order valence-corrected chi connectivity index (χ0v) is 12.6. The van der Waals surface area contributed by atoms with Gasteiger partial charge in [0.2, 0.25) is 5.91 Å². The minimum Gasteiger partial charge on any atom is -0.342 e. The summed E-state index contributed by atoms with van der Waals surface area (Å²) in [7, 11) is 0. The molecule has 1 aliphatic heterocycles. The van der Waals surface area contributed by atoms with Crippen molar-refractivity contribution in [1.29, 1.82) is 0 Å². The van der Waals surface area contributed by atoms with Gasteiger partial charge in [-0.25, -0.2) is 0 Å². The summed E-state index contributed by atoms with van der Waals surface area (Å²) in [5, 5.41) is 13.9. The molecular formula is C13H16BrN3O3. The van der Waals surface area contributed by atoms with Crippen molar-refractivity contribution in [3.05, 3.63) is 38.3 Å². The summed E-state index contributed by atoms with van der Waals surface area (Å²) in [6, 6.07) is 4.88. The molecule has 6 nitrogen and oxygen atoms in total. The smallest absolute Gasteiger partial charge is 0.283 e. The van der Waals surface area contributed by atoms with E-state index in [9.17, 15) is 14.9 Å². The Morgan fingerprint density at radius 2 is 2.10 bits per heavy atom. The van der Waals surface area contributed by atoms with E-state index in [0.717, 1.165) is 31.5 Å². The van der Waals surface area contributed by atoms with Crippen LogP contribution in [-0.2, 0) is 11.3 Å². The van der Waals surface area contributed by atoms with Crippen molar-refractivity contribution in [2.45, 2.75) is 19.4 Å². The Bertz CT molecular complexity index is 516. The molecule has 1 aliphatic rings. The first-order valence-electron chi connectivity index (χ1n) is 6.50. The Morgan fingerprint density at radius 1 is 1.40 bits per heavy atom. The number of nitrogens with one attached hydrogen (secondary N) is 1. The molecular weight excluding hydrogens is 326 g/mol.